The van der Waals surface area contributed by atoms with E-state index in [2.05, 4.69) is 0 Å². The molecule has 9 nitrogen and oxygen atoms in total. The highest BCUT2D eigenvalue weighted by Gasteiger charge is 2.37. The van der Waals surface area contributed by atoms with Crippen LogP contribution in [0.5, 0.6) is 5.75 Å². The third kappa shape index (κ3) is 6.18. The van der Waals surface area contributed by atoms with Gasteiger partial charge in [-0.15, -0.1) is 11.8 Å². The van der Waals surface area contributed by atoms with E-state index >= 15 is 0 Å². The zero-order chi connectivity index (χ0) is 24.9. The van der Waals surface area contributed by atoms with Gasteiger partial charge in [0.05, 0.1) is 17.1 Å². The number of carbonyl (C=O) groups excluding carboxylic acids is 1. The Balaban J connectivity index is 2.67. The minimum absolute atomic E-state index is 0.000481. The van der Waals surface area contributed by atoms with Gasteiger partial charge in [0.15, 0.2) is 0 Å². The van der Waals surface area contributed by atoms with E-state index in [4.69, 9.17) is 9.84 Å². The number of anilines is 1. The number of benzene rings is 1. The summed E-state index contributed by atoms with van der Waals surface area (Å²) in [5.41, 5.74) is 0.343. The fourth-order valence-electron chi connectivity index (χ4n) is 3.39. The molecule has 1 aliphatic heterocycles. The van der Waals surface area contributed by atoms with Crippen molar-refractivity contribution >= 4 is 39.3 Å². The lowest BCUT2D eigenvalue weighted by atomic mass is 10.1. The van der Waals surface area contributed by atoms with E-state index < -0.39 is 21.8 Å². The molecule has 0 fully saturated rings. The normalized spacial score (nSPS) is 18.4. The highest BCUT2D eigenvalue weighted by Crippen LogP contribution is 2.41. The maximum absolute atomic E-state index is 13.5. The van der Waals surface area contributed by atoms with Crippen LogP contribution in [-0.2, 0) is 19.6 Å². The van der Waals surface area contributed by atoms with Gasteiger partial charge in [-0.2, -0.15) is 8.70 Å². The molecular formula is C21H30FN3O6S2. The summed E-state index contributed by atoms with van der Waals surface area (Å²) >= 11 is 1.22. The summed E-state index contributed by atoms with van der Waals surface area (Å²) in [5, 5.41) is 8.72. The zero-order valence-corrected chi connectivity index (χ0v) is 21.0. The Bertz CT molecular complexity index is 1030. The molecule has 0 aromatic heterocycles. The first-order chi connectivity index (χ1) is 15.4. The minimum atomic E-state index is -3.98. The quantitative estimate of drug-likeness (QED) is 0.311. The van der Waals surface area contributed by atoms with Crippen LogP contribution in [0, 0.1) is 0 Å². The predicted octanol–water partition coefficient (Wildman–Crippen LogP) is 2.77. The SMILES string of the molecule is CCCC[C@@H]1CN(CC(=O)N(C)C)c2cc(SC)c(O/C=C(\F)C(=O)O)cc2S(=O)(=O)N1C. The average molecular weight is 504 g/mol. The van der Waals surface area contributed by atoms with Crippen LogP contribution in [0.25, 0.3) is 0 Å². The Hall–Kier alpha value is -2.31. The number of amides is 1. The van der Waals surface area contributed by atoms with Crippen molar-refractivity contribution in [3.8, 4) is 5.75 Å². The van der Waals surface area contributed by atoms with E-state index in [1.807, 2.05) is 6.92 Å². The number of rotatable bonds is 9. The molecule has 1 aromatic rings. The summed E-state index contributed by atoms with van der Waals surface area (Å²) in [7, 11) is 0.784. The van der Waals surface area contributed by atoms with Crippen molar-refractivity contribution < 1.29 is 32.2 Å². The molecule has 33 heavy (non-hydrogen) atoms. The number of thioether (sulfide) groups is 1. The van der Waals surface area contributed by atoms with Crippen molar-refractivity contribution in [3.05, 3.63) is 24.2 Å². The molecule has 0 aliphatic carbocycles. The third-order valence-corrected chi connectivity index (χ3v) is 8.10. The lowest BCUT2D eigenvalue weighted by Gasteiger charge is -2.30. The number of ether oxygens (including phenoxy) is 1. The molecule has 184 valence electrons. The lowest BCUT2D eigenvalue weighted by Crippen LogP contribution is -2.44. The van der Waals surface area contributed by atoms with E-state index in [1.54, 1.807) is 31.3 Å². The van der Waals surface area contributed by atoms with E-state index in [1.165, 1.54) is 34.1 Å². The van der Waals surface area contributed by atoms with Crippen molar-refractivity contribution in [3.63, 3.8) is 0 Å². The highest BCUT2D eigenvalue weighted by atomic mass is 32.2. The van der Waals surface area contributed by atoms with E-state index in [-0.39, 0.29) is 29.1 Å². The first-order valence-electron chi connectivity index (χ1n) is 10.3. The molecule has 2 rings (SSSR count). The minimum Gasteiger partial charge on any atom is -0.476 e. The summed E-state index contributed by atoms with van der Waals surface area (Å²) < 4.78 is 47.0. The van der Waals surface area contributed by atoms with Crippen LogP contribution in [-0.4, -0.2) is 81.1 Å². The predicted molar refractivity (Wildman–Crippen MR) is 125 cm³/mol. The lowest BCUT2D eigenvalue weighted by molar-refractivity contribution is -0.134. The molecule has 1 aliphatic rings. The number of carboxylic acid groups (broad SMARTS) is 1. The van der Waals surface area contributed by atoms with Crippen LogP contribution in [0.15, 0.2) is 34.0 Å². The molecular weight excluding hydrogens is 473 g/mol. The van der Waals surface area contributed by atoms with Crippen LogP contribution >= 0.6 is 11.8 Å². The first kappa shape index (κ1) is 26.9. The van der Waals surface area contributed by atoms with Crippen molar-refractivity contribution in [1.82, 2.24) is 9.21 Å². The van der Waals surface area contributed by atoms with Crippen LogP contribution in [0.2, 0.25) is 0 Å². The zero-order valence-electron chi connectivity index (χ0n) is 19.4. The summed E-state index contributed by atoms with van der Waals surface area (Å²) in [6, 6.07) is 2.48. The Morgan fingerprint density at radius 1 is 1.36 bits per heavy atom. The fourth-order valence-corrected chi connectivity index (χ4v) is 5.51. The molecule has 0 spiro atoms. The Morgan fingerprint density at radius 2 is 2.03 bits per heavy atom. The summed E-state index contributed by atoms with van der Waals surface area (Å²) in [6.45, 7) is 2.32. The molecule has 0 saturated heterocycles. The van der Waals surface area contributed by atoms with Crippen molar-refractivity contribution in [2.24, 2.45) is 0 Å². The van der Waals surface area contributed by atoms with Gasteiger partial charge in [0, 0.05) is 39.8 Å². The third-order valence-electron chi connectivity index (χ3n) is 5.40. The van der Waals surface area contributed by atoms with E-state index in [0.717, 1.165) is 12.8 Å². The van der Waals surface area contributed by atoms with Gasteiger partial charge in [0.25, 0.3) is 0 Å². The molecule has 1 atom stereocenters. The average Bonchev–Trinajstić information content (AvgIpc) is 2.84. The van der Waals surface area contributed by atoms with Crippen LogP contribution in [0.3, 0.4) is 0 Å². The Labute approximate surface area is 198 Å². The second-order valence-corrected chi connectivity index (χ2v) is 10.7. The molecule has 1 N–H and O–H groups in total. The number of nitrogens with zero attached hydrogens (tertiary/aromatic N) is 3. The number of carboxylic acids is 1. The highest BCUT2D eigenvalue weighted by molar-refractivity contribution is 7.98. The Kier molecular flexibility index (Phi) is 9.15. The monoisotopic (exact) mass is 503 g/mol. The molecule has 0 unspecified atom stereocenters. The van der Waals surface area contributed by atoms with Crippen molar-refractivity contribution in [2.45, 2.75) is 42.0 Å². The number of aliphatic carboxylic acids is 1. The molecule has 0 radical (unpaired) electrons. The van der Waals surface area contributed by atoms with Crippen LogP contribution < -0.4 is 9.64 Å². The molecule has 1 heterocycles. The molecule has 0 bridgehead atoms. The topological polar surface area (TPSA) is 107 Å². The second-order valence-electron chi connectivity index (χ2n) is 7.85. The maximum Gasteiger partial charge on any atom is 0.368 e. The summed E-state index contributed by atoms with van der Waals surface area (Å²) in [4.78, 5) is 26.9. The van der Waals surface area contributed by atoms with Gasteiger partial charge >= 0.3 is 5.97 Å². The number of carbonyl (C=O) groups is 2. The Morgan fingerprint density at radius 3 is 2.58 bits per heavy atom. The summed E-state index contributed by atoms with van der Waals surface area (Å²) in [6.07, 6.45) is 4.49. The number of unbranched alkanes of at least 4 members (excludes halogenated alkanes) is 1. The number of hydrogen-bond donors (Lipinski definition) is 1. The second kappa shape index (κ2) is 11.2. The van der Waals surface area contributed by atoms with Crippen molar-refractivity contribution in [2.75, 3.05) is 45.4 Å². The van der Waals surface area contributed by atoms with Gasteiger partial charge in [-0.3, -0.25) is 4.79 Å². The number of halogens is 1. The van der Waals surface area contributed by atoms with Crippen LogP contribution in [0.1, 0.15) is 26.2 Å². The first-order valence-corrected chi connectivity index (χ1v) is 13.0. The molecule has 1 aromatic carbocycles. The molecule has 12 heteroatoms. The van der Waals surface area contributed by atoms with Gasteiger partial charge < -0.3 is 19.6 Å². The maximum atomic E-state index is 13.5. The van der Waals surface area contributed by atoms with Gasteiger partial charge in [-0.05, 0) is 18.7 Å². The smallest absolute Gasteiger partial charge is 0.368 e. The van der Waals surface area contributed by atoms with E-state index in [9.17, 15) is 22.4 Å². The van der Waals surface area contributed by atoms with E-state index in [0.29, 0.717) is 29.8 Å². The summed E-state index contributed by atoms with van der Waals surface area (Å²) in [5.74, 6) is -3.50. The van der Waals surface area contributed by atoms with Crippen LogP contribution in [0.4, 0.5) is 10.1 Å². The number of hydrogen-bond acceptors (Lipinski definition) is 7. The number of likely N-dealkylation sites (N-methyl/N-ethyl adjacent to an activating group) is 2. The fraction of sp³-hybridized carbons (Fsp3) is 0.524. The largest absolute Gasteiger partial charge is 0.476 e. The standard InChI is InChI=1S/C21H30FN3O6S2/c1-6-7-8-14-11-25(12-20(26)23(2)3)16-9-18(32-5)17(31-13-15(22)21(27)28)10-19(16)33(29,30)24(14)4/h9-10,13-14H,6-8,11-12H2,1-5H3,(H,27,28)/b15-13-/t14-/m1/s1. The molecule has 1 amide bonds. The number of sulfonamides is 1. The van der Waals surface area contributed by atoms with Crippen molar-refractivity contribution in [1.29, 1.82) is 0 Å². The van der Waals surface area contributed by atoms with Gasteiger partial charge in [0.1, 0.15) is 16.9 Å². The van der Waals surface area contributed by atoms with Gasteiger partial charge in [-0.25, -0.2) is 13.2 Å². The molecule has 0 saturated carbocycles. The van der Waals surface area contributed by atoms with Gasteiger partial charge in [-0.1, -0.05) is 19.8 Å². The van der Waals surface area contributed by atoms with Gasteiger partial charge in [0.2, 0.25) is 21.8 Å². The number of fused-ring (bicyclic) bond motifs is 1.